The third-order valence-electron chi connectivity index (χ3n) is 4.34. The van der Waals surface area contributed by atoms with E-state index in [2.05, 4.69) is 10.3 Å². The average Bonchev–Trinajstić information content (AvgIpc) is 2.73. The van der Waals surface area contributed by atoms with Crippen LogP contribution in [0.15, 0.2) is 24.4 Å². The predicted molar refractivity (Wildman–Crippen MR) is 96.8 cm³/mol. The van der Waals surface area contributed by atoms with Crippen LogP contribution in [0.3, 0.4) is 0 Å². The molecule has 0 aliphatic carbocycles. The van der Waals surface area contributed by atoms with Gasteiger partial charge in [0, 0.05) is 24.8 Å². The zero-order chi connectivity index (χ0) is 18.0. The first-order chi connectivity index (χ1) is 11.9. The SMILES string of the molecule is CC(C)(C)NC(=O)c1nc(C(=O)N2CCCCCC2)c2ccccn12. The number of hydrogen-bond donors (Lipinski definition) is 1. The van der Waals surface area contributed by atoms with Gasteiger partial charge in [-0.3, -0.25) is 14.0 Å². The number of carbonyl (C=O) groups is 2. The number of pyridine rings is 1. The van der Waals surface area contributed by atoms with Crippen LogP contribution in [0.25, 0.3) is 5.52 Å². The van der Waals surface area contributed by atoms with Crippen molar-refractivity contribution in [3.8, 4) is 0 Å². The summed E-state index contributed by atoms with van der Waals surface area (Å²) in [5.41, 5.74) is 0.671. The number of likely N-dealkylation sites (tertiary alicyclic amines) is 1. The molecule has 0 bridgehead atoms. The van der Waals surface area contributed by atoms with Gasteiger partial charge in [0.25, 0.3) is 11.8 Å². The molecule has 25 heavy (non-hydrogen) atoms. The number of imidazole rings is 1. The second-order valence-corrected chi connectivity index (χ2v) is 7.65. The number of aromatic nitrogens is 2. The molecule has 2 aromatic heterocycles. The van der Waals surface area contributed by atoms with E-state index in [1.54, 1.807) is 10.6 Å². The normalized spacial score (nSPS) is 15.9. The van der Waals surface area contributed by atoms with Gasteiger partial charge in [-0.05, 0) is 45.7 Å². The molecule has 0 radical (unpaired) electrons. The molecule has 3 heterocycles. The highest BCUT2D eigenvalue weighted by Crippen LogP contribution is 2.18. The van der Waals surface area contributed by atoms with Crippen molar-refractivity contribution < 1.29 is 9.59 Å². The molecule has 6 heteroatoms. The maximum Gasteiger partial charge on any atom is 0.288 e. The Morgan fingerprint density at radius 1 is 1.08 bits per heavy atom. The molecule has 6 nitrogen and oxygen atoms in total. The van der Waals surface area contributed by atoms with Crippen molar-refractivity contribution in [2.75, 3.05) is 13.1 Å². The van der Waals surface area contributed by atoms with Crippen LogP contribution in [0, 0.1) is 0 Å². The third-order valence-corrected chi connectivity index (χ3v) is 4.34. The van der Waals surface area contributed by atoms with E-state index in [0.29, 0.717) is 11.2 Å². The minimum absolute atomic E-state index is 0.0830. The molecule has 1 saturated heterocycles. The summed E-state index contributed by atoms with van der Waals surface area (Å²) >= 11 is 0. The number of carbonyl (C=O) groups excluding carboxylic acids is 2. The molecular weight excluding hydrogens is 316 g/mol. The minimum Gasteiger partial charge on any atom is -0.345 e. The lowest BCUT2D eigenvalue weighted by Crippen LogP contribution is -2.41. The summed E-state index contributed by atoms with van der Waals surface area (Å²) in [7, 11) is 0. The molecule has 1 aliphatic heterocycles. The fourth-order valence-electron chi connectivity index (χ4n) is 3.18. The Balaban J connectivity index is 1.98. The maximum atomic E-state index is 13.0. The van der Waals surface area contributed by atoms with E-state index >= 15 is 0 Å². The van der Waals surface area contributed by atoms with Gasteiger partial charge in [0.05, 0.1) is 5.52 Å². The lowest BCUT2D eigenvalue weighted by Gasteiger charge is -2.19. The van der Waals surface area contributed by atoms with Crippen molar-refractivity contribution in [3.63, 3.8) is 0 Å². The van der Waals surface area contributed by atoms with Crippen LogP contribution in [0.2, 0.25) is 0 Å². The highest BCUT2D eigenvalue weighted by Gasteiger charge is 2.26. The zero-order valence-corrected chi connectivity index (χ0v) is 15.2. The van der Waals surface area contributed by atoms with Crippen LogP contribution in [-0.4, -0.2) is 44.7 Å². The van der Waals surface area contributed by atoms with E-state index in [1.807, 2.05) is 43.9 Å². The molecular formula is C19H26N4O2. The molecule has 0 saturated carbocycles. The zero-order valence-electron chi connectivity index (χ0n) is 15.2. The second-order valence-electron chi connectivity index (χ2n) is 7.65. The van der Waals surface area contributed by atoms with Crippen molar-refractivity contribution >= 4 is 17.3 Å². The number of fused-ring (bicyclic) bond motifs is 1. The standard InChI is InChI=1S/C19H26N4O2/c1-19(2,3)21-17(24)16-20-15(14-10-6-9-13-23(14)16)18(25)22-11-7-4-5-8-12-22/h6,9-10,13H,4-5,7-8,11-12H2,1-3H3,(H,21,24). The molecule has 0 atom stereocenters. The molecule has 1 fully saturated rings. The maximum absolute atomic E-state index is 13.0. The molecule has 0 spiro atoms. The molecule has 1 N–H and O–H groups in total. The summed E-state index contributed by atoms with van der Waals surface area (Å²) in [5, 5.41) is 2.92. The van der Waals surface area contributed by atoms with E-state index in [0.717, 1.165) is 38.8 Å². The molecule has 0 aromatic carbocycles. The Morgan fingerprint density at radius 3 is 2.40 bits per heavy atom. The third kappa shape index (κ3) is 3.83. The topological polar surface area (TPSA) is 66.7 Å². The van der Waals surface area contributed by atoms with Crippen LogP contribution >= 0.6 is 0 Å². The Morgan fingerprint density at radius 2 is 1.76 bits per heavy atom. The van der Waals surface area contributed by atoms with E-state index < -0.39 is 0 Å². The fourth-order valence-corrected chi connectivity index (χ4v) is 3.18. The van der Waals surface area contributed by atoms with Gasteiger partial charge >= 0.3 is 0 Å². The number of nitrogens with one attached hydrogen (secondary N) is 1. The van der Waals surface area contributed by atoms with E-state index in [1.165, 1.54) is 0 Å². The molecule has 2 amide bonds. The van der Waals surface area contributed by atoms with E-state index in [9.17, 15) is 9.59 Å². The lowest BCUT2D eigenvalue weighted by atomic mass is 10.1. The van der Waals surface area contributed by atoms with Gasteiger partial charge in [-0.2, -0.15) is 0 Å². The van der Waals surface area contributed by atoms with Gasteiger partial charge in [0.1, 0.15) is 0 Å². The van der Waals surface area contributed by atoms with Crippen molar-refractivity contribution in [2.24, 2.45) is 0 Å². The van der Waals surface area contributed by atoms with Gasteiger partial charge < -0.3 is 10.2 Å². The Hall–Kier alpha value is -2.37. The van der Waals surface area contributed by atoms with Gasteiger partial charge in [-0.15, -0.1) is 0 Å². The Bertz CT molecular complexity index is 780. The Labute approximate surface area is 148 Å². The van der Waals surface area contributed by atoms with Gasteiger partial charge in [-0.25, -0.2) is 4.98 Å². The molecule has 134 valence electrons. The van der Waals surface area contributed by atoms with E-state index in [-0.39, 0.29) is 23.2 Å². The van der Waals surface area contributed by atoms with Crippen LogP contribution < -0.4 is 5.32 Å². The van der Waals surface area contributed by atoms with Crippen LogP contribution in [0.5, 0.6) is 0 Å². The van der Waals surface area contributed by atoms with Crippen LogP contribution in [-0.2, 0) is 0 Å². The molecule has 2 aromatic rings. The van der Waals surface area contributed by atoms with Crippen molar-refractivity contribution in [1.29, 1.82) is 0 Å². The van der Waals surface area contributed by atoms with Crippen LogP contribution in [0.4, 0.5) is 0 Å². The monoisotopic (exact) mass is 342 g/mol. The number of amides is 2. The van der Waals surface area contributed by atoms with Crippen molar-refractivity contribution in [1.82, 2.24) is 19.6 Å². The fraction of sp³-hybridized carbons (Fsp3) is 0.526. The largest absolute Gasteiger partial charge is 0.345 e. The first-order valence-corrected chi connectivity index (χ1v) is 8.96. The summed E-state index contributed by atoms with van der Waals surface area (Å²) in [4.78, 5) is 31.9. The van der Waals surface area contributed by atoms with Gasteiger partial charge in [-0.1, -0.05) is 18.9 Å². The summed E-state index contributed by atoms with van der Waals surface area (Å²) in [6.45, 7) is 7.28. The highest BCUT2D eigenvalue weighted by molar-refractivity contribution is 6.02. The van der Waals surface area contributed by atoms with Gasteiger partial charge in [0.15, 0.2) is 5.69 Å². The minimum atomic E-state index is -0.368. The smallest absolute Gasteiger partial charge is 0.288 e. The number of hydrogen-bond acceptors (Lipinski definition) is 3. The quantitative estimate of drug-likeness (QED) is 0.912. The molecule has 1 aliphatic rings. The Kier molecular flexibility index (Phi) is 4.79. The number of rotatable bonds is 2. The average molecular weight is 342 g/mol. The lowest BCUT2D eigenvalue weighted by molar-refractivity contribution is 0.0758. The highest BCUT2D eigenvalue weighted by atomic mass is 16.2. The van der Waals surface area contributed by atoms with Gasteiger partial charge in [0.2, 0.25) is 5.82 Å². The first kappa shape index (κ1) is 17.5. The van der Waals surface area contributed by atoms with Crippen LogP contribution in [0.1, 0.15) is 67.6 Å². The summed E-state index contributed by atoms with van der Waals surface area (Å²) in [6, 6.07) is 5.54. The summed E-state index contributed by atoms with van der Waals surface area (Å²) in [6.07, 6.45) is 6.14. The predicted octanol–water partition coefficient (Wildman–Crippen LogP) is 2.88. The molecule has 0 unspecified atom stereocenters. The van der Waals surface area contributed by atoms with Crippen molar-refractivity contribution in [3.05, 3.63) is 35.9 Å². The second kappa shape index (κ2) is 6.86. The number of nitrogens with zero attached hydrogens (tertiary/aromatic N) is 3. The van der Waals surface area contributed by atoms with E-state index in [4.69, 9.17) is 0 Å². The summed E-state index contributed by atoms with van der Waals surface area (Å²) in [5.74, 6) is -0.104. The van der Waals surface area contributed by atoms with Crippen molar-refractivity contribution in [2.45, 2.75) is 52.0 Å². The molecule has 3 rings (SSSR count). The summed E-state index contributed by atoms with van der Waals surface area (Å²) < 4.78 is 1.70. The first-order valence-electron chi connectivity index (χ1n) is 8.96.